The molecule has 1 fully saturated rings. The molecule has 1 aliphatic rings. The third-order valence-electron chi connectivity index (χ3n) is 3.81. The molecule has 0 unspecified atom stereocenters. The average molecular weight is 338 g/mol. The minimum atomic E-state index is -0.449. The molecule has 0 saturated carbocycles. The molecule has 118 valence electrons. The highest BCUT2D eigenvalue weighted by atomic mass is 32.1. The Morgan fingerprint density at radius 3 is 2.77 bits per heavy atom. The molecule has 0 aromatic carbocycles. The molecule has 0 aliphatic carbocycles. The van der Waals surface area contributed by atoms with Crippen LogP contribution in [0.5, 0.6) is 0 Å². The first-order valence-corrected chi connectivity index (χ1v) is 8.82. The largest absolute Gasteiger partial charge is 0.386 e. The number of carbonyl (C=O) groups is 1. The third-order valence-corrected chi connectivity index (χ3v) is 5.60. The molecule has 1 saturated heterocycles. The van der Waals surface area contributed by atoms with Gasteiger partial charge < -0.3 is 10.0 Å². The zero-order valence-electron chi connectivity index (χ0n) is 12.3. The molecule has 0 spiro atoms. The van der Waals surface area contributed by atoms with Gasteiger partial charge in [-0.05, 0) is 29.9 Å². The van der Waals surface area contributed by atoms with Crippen LogP contribution in [0, 0.1) is 6.92 Å². The highest BCUT2D eigenvalue weighted by Gasteiger charge is 2.26. The van der Waals surface area contributed by atoms with Crippen LogP contribution < -0.4 is 0 Å². The van der Waals surface area contributed by atoms with E-state index in [0.717, 1.165) is 29.5 Å². The van der Waals surface area contributed by atoms with Gasteiger partial charge in [-0.1, -0.05) is 10.6 Å². The topological polar surface area (TPSA) is 69.6 Å². The van der Waals surface area contributed by atoms with Crippen molar-refractivity contribution in [2.45, 2.75) is 13.0 Å². The second-order valence-electron chi connectivity index (χ2n) is 5.31. The fourth-order valence-electron chi connectivity index (χ4n) is 2.52. The Bertz CT molecular complexity index is 621. The summed E-state index contributed by atoms with van der Waals surface area (Å²) in [4.78, 5) is 18.1. The molecular weight excluding hydrogens is 320 g/mol. The van der Waals surface area contributed by atoms with Gasteiger partial charge in [0.1, 0.15) is 11.0 Å². The summed E-state index contributed by atoms with van der Waals surface area (Å²) in [6, 6.07) is 3.90. The first-order valence-electron chi connectivity index (χ1n) is 7.17. The molecule has 3 heterocycles. The van der Waals surface area contributed by atoms with Crippen molar-refractivity contribution in [2.24, 2.45) is 0 Å². The summed E-state index contributed by atoms with van der Waals surface area (Å²) < 4.78 is 3.82. The number of hydrogen-bond acceptors (Lipinski definition) is 7. The Morgan fingerprint density at radius 2 is 2.18 bits per heavy atom. The Balaban J connectivity index is 1.52. The summed E-state index contributed by atoms with van der Waals surface area (Å²) in [5.74, 6) is 0.0194. The van der Waals surface area contributed by atoms with Gasteiger partial charge in [0.2, 0.25) is 0 Å². The van der Waals surface area contributed by atoms with Gasteiger partial charge in [-0.3, -0.25) is 9.69 Å². The molecule has 0 bridgehead atoms. The van der Waals surface area contributed by atoms with Gasteiger partial charge in [0.05, 0.1) is 5.69 Å². The van der Waals surface area contributed by atoms with Gasteiger partial charge in [0, 0.05) is 37.6 Å². The van der Waals surface area contributed by atoms with E-state index in [1.807, 2.05) is 29.3 Å². The maximum Gasteiger partial charge on any atom is 0.267 e. The van der Waals surface area contributed by atoms with E-state index in [1.165, 1.54) is 0 Å². The first-order chi connectivity index (χ1) is 10.6. The zero-order chi connectivity index (χ0) is 15.5. The van der Waals surface area contributed by atoms with Crippen LogP contribution in [0.3, 0.4) is 0 Å². The summed E-state index contributed by atoms with van der Waals surface area (Å²) in [6.45, 7) is 5.33. The van der Waals surface area contributed by atoms with Crippen molar-refractivity contribution in [3.63, 3.8) is 0 Å². The Hall–Kier alpha value is -1.35. The van der Waals surface area contributed by atoms with Crippen LogP contribution in [0.1, 0.15) is 26.3 Å². The highest BCUT2D eigenvalue weighted by Crippen LogP contribution is 2.21. The molecule has 8 heteroatoms. The number of aromatic nitrogens is 2. The zero-order valence-corrected chi connectivity index (χ0v) is 13.9. The second-order valence-corrected chi connectivity index (χ2v) is 7.04. The number of carbonyl (C=O) groups excluding carboxylic acids is 1. The predicted octanol–water partition coefficient (Wildman–Crippen LogP) is 1.40. The van der Waals surface area contributed by atoms with Crippen molar-refractivity contribution < 1.29 is 9.90 Å². The number of β-amino-alcohol motifs (C(OH)–C–C–N with tert-alkyl or cyclic N) is 1. The van der Waals surface area contributed by atoms with E-state index in [9.17, 15) is 9.90 Å². The molecule has 2 aromatic rings. The van der Waals surface area contributed by atoms with Gasteiger partial charge in [0.15, 0.2) is 0 Å². The fourth-order valence-corrected chi connectivity index (χ4v) is 3.85. The number of aryl methyl sites for hydroxylation is 1. The predicted molar refractivity (Wildman–Crippen MR) is 86.3 cm³/mol. The molecular formula is C14H18N4O2S2. The van der Waals surface area contributed by atoms with Crippen molar-refractivity contribution >= 4 is 28.8 Å². The molecule has 1 aliphatic heterocycles. The van der Waals surface area contributed by atoms with Gasteiger partial charge in [-0.2, -0.15) is 0 Å². The molecule has 0 radical (unpaired) electrons. The Kier molecular flexibility index (Phi) is 4.82. The lowest BCUT2D eigenvalue weighted by Crippen LogP contribution is -2.49. The third kappa shape index (κ3) is 3.35. The maximum atomic E-state index is 12.4. The van der Waals surface area contributed by atoms with E-state index in [1.54, 1.807) is 11.3 Å². The quantitative estimate of drug-likeness (QED) is 0.912. The van der Waals surface area contributed by atoms with Gasteiger partial charge >= 0.3 is 0 Å². The number of rotatable bonds is 4. The summed E-state index contributed by atoms with van der Waals surface area (Å²) in [5, 5.41) is 16.1. The first kappa shape index (κ1) is 15.5. The summed E-state index contributed by atoms with van der Waals surface area (Å²) in [7, 11) is 0. The summed E-state index contributed by atoms with van der Waals surface area (Å²) in [6.07, 6.45) is -0.449. The molecule has 2 aromatic heterocycles. The number of thiophene rings is 1. The summed E-state index contributed by atoms with van der Waals surface area (Å²) >= 11 is 2.73. The van der Waals surface area contributed by atoms with Crippen molar-refractivity contribution in [2.75, 3.05) is 32.7 Å². The fraction of sp³-hybridized carbons (Fsp3) is 0.500. The molecule has 3 rings (SSSR count). The maximum absolute atomic E-state index is 12.4. The molecule has 22 heavy (non-hydrogen) atoms. The van der Waals surface area contributed by atoms with Crippen LogP contribution in [-0.2, 0) is 0 Å². The number of nitrogens with zero attached hydrogens (tertiary/aromatic N) is 4. The highest BCUT2D eigenvalue weighted by molar-refractivity contribution is 7.10. The number of amides is 1. The van der Waals surface area contributed by atoms with Crippen LogP contribution >= 0.6 is 22.9 Å². The van der Waals surface area contributed by atoms with Crippen molar-refractivity contribution in [3.05, 3.63) is 33.0 Å². The van der Waals surface area contributed by atoms with Crippen LogP contribution in [0.2, 0.25) is 0 Å². The smallest absolute Gasteiger partial charge is 0.267 e. The number of piperazine rings is 1. The van der Waals surface area contributed by atoms with E-state index in [2.05, 4.69) is 14.5 Å². The summed E-state index contributed by atoms with van der Waals surface area (Å²) in [5.41, 5.74) is 0.700. The SMILES string of the molecule is Cc1nnsc1C(=O)N1CCN(C[C@@H](O)c2cccs2)CC1. The minimum absolute atomic E-state index is 0.0194. The molecule has 1 N–H and O–H groups in total. The number of hydrogen-bond donors (Lipinski definition) is 1. The van der Waals surface area contributed by atoms with E-state index in [0.29, 0.717) is 30.2 Å². The van der Waals surface area contributed by atoms with Gasteiger partial charge in [-0.25, -0.2) is 0 Å². The van der Waals surface area contributed by atoms with Crippen molar-refractivity contribution in [1.29, 1.82) is 0 Å². The van der Waals surface area contributed by atoms with Crippen LogP contribution in [0.25, 0.3) is 0 Å². The molecule has 1 atom stereocenters. The van der Waals surface area contributed by atoms with Crippen LogP contribution in [0.4, 0.5) is 0 Å². The lowest BCUT2D eigenvalue weighted by atomic mass is 10.2. The van der Waals surface area contributed by atoms with E-state index < -0.39 is 6.10 Å². The Labute approximate surface area is 137 Å². The van der Waals surface area contributed by atoms with Gasteiger partial charge in [-0.15, -0.1) is 16.4 Å². The normalized spacial score (nSPS) is 17.6. The second kappa shape index (κ2) is 6.82. The lowest BCUT2D eigenvalue weighted by molar-refractivity contribution is 0.0536. The Morgan fingerprint density at radius 1 is 1.41 bits per heavy atom. The average Bonchev–Trinajstić information content (AvgIpc) is 3.18. The van der Waals surface area contributed by atoms with Crippen molar-refractivity contribution in [1.82, 2.24) is 19.4 Å². The van der Waals surface area contributed by atoms with Crippen LogP contribution in [0.15, 0.2) is 17.5 Å². The minimum Gasteiger partial charge on any atom is -0.386 e. The van der Waals surface area contributed by atoms with E-state index in [-0.39, 0.29) is 5.91 Å². The standard InChI is InChI=1S/C14H18N4O2S2/c1-10-13(22-16-15-10)14(20)18-6-4-17(5-7-18)9-11(19)12-3-2-8-21-12/h2-3,8,11,19H,4-7,9H2,1H3/t11-/m1/s1. The number of aliphatic hydroxyl groups is 1. The van der Waals surface area contributed by atoms with Crippen molar-refractivity contribution in [3.8, 4) is 0 Å². The number of aliphatic hydroxyl groups excluding tert-OH is 1. The van der Waals surface area contributed by atoms with Crippen LogP contribution in [-0.4, -0.2) is 63.1 Å². The monoisotopic (exact) mass is 338 g/mol. The van der Waals surface area contributed by atoms with Gasteiger partial charge in [0.25, 0.3) is 5.91 Å². The van der Waals surface area contributed by atoms with E-state index in [4.69, 9.17) is 0 Å². The molecule has 1 amide bonds. The molecule has 6 nitrogen and oxygen atoms in total. The lowest BCUT2D eigenvalue weighted by Gasteiger charge is -2.35. The van der Waals surface area contributed by atoms with E-state index >= 15 is 0 Å².